The van der Waals surface area contributed by atoms with E-state index in [0.717, 1.165) is 32.1 Å². The Morgan fingerprint density at radius 2 is 2.10 bits per heavy atom. The number of hydrogen-bond donors (Lipinski definition) is 0. The first-order valence-corrected chi connectivity index (χ1v) is 7.87. The van der Waals surface area contributed by atoms with Crippen LogP contribution < -0.4 is 0 Å². The van der Waals surface area contributed by atoms with Crippen LogP contribution in [0.25, 0.3) is 0 Å². The van der Waals surface area contributed by atoms with Crippen LogP contribution in [0.4, 0.5) is 0 Å². The molecule has 0 heterocycles. The van der Waals surface area contributed by atoms with E-state index in [0.29, 0.717) is 0 Å². The molecular formula is C18H22O2. The molecule has 0 unspecified atom stereocenters. The first kappa shape index (κ1) is 13.5. The lowest BCUT2D eigenvalue weighted by Gasteiger charge is -2.42. The Kier molecular flexibility index (Phi) is 3.49. The molecule has 0 saturated heterocycles. The Morgan fingerprint density at radius 3 is 2.90 bits per heavy atom. The van der Waals surface area contributed by atoms with Gasteiger partial charge in [-0.05, 0) is 50.3 Å². The lowest BCUT2D eigenvalue weighted by atomic mass is 9.59. The van der Waals surface area contributed by atoms with Crippen LogP contribution in [-0.2, 0) is 9.59 Å². The summed E-state index contributed by atoms with van der Waals surface area (Å²) in [4.78, 5) is 24.0. The van der Waals surface area contributed by atoms with Gasteiger partial charge in [0.2, 0.25) is 0 Å². The molecule has 0 amide bonds. The van der Waals surface area contributed by atoms with Crippen LogP contribution in [0, 0.1) is 11.3 Å². The smallest absolute Gasteiger partial charge is 0.178 e. The third-order valence-corrected chi connectivity index (χ3v) is 5.09. The monoisotopic (exact) mass is 270 g/mol. The van der Waals surface area contributed by atoms with Gasteiger partial charge >= 0.3 is 0 Å². The zero-order valence-corrected chi connectivity index (χ0v) is 12.2. The molecule has 0 aromatic carbocycles. The molecule has 1 spiro atoms. The first-order valence-electron chi connectivity index (χ1n) is 7.87. The molecule has 3 rings (SSSR count). The second-order valence-electron chi connectivity index (χ2n) is 6.25. The van der Waals surface area contributed by atoms with Crippen LogP contribution in [0.1, 0.15) is 51.9 Å². The minimum Gasteiger partial charge on any atom is -0.294 e. The summed E-state index contributed by atoms with van der Waals surface area (Å²) < 4.78 is 0. The maximum atomic E-state index is 12.4. The summed E-state index contributed by atoms with van der Waals surface area (Å²) in [5, 5.41) is 0. The van der Waals surface area contributed by atoms with E-state index in [1.165, 1.54) is 24.0 Å². The molecule has 3 aliphatic rings. The fraction of sp³-hybridized carbons (Fsp3) is 0.556. The van der Waals surface area contributed by atoms with E-state index in [1.807, 2.05) is 12.2 Å². The van der Waals surface area contributed by atoms with E-state index in [4.69, 9.17) is 0 Å². The van der Waals surface area contributed by atoms with Crippen molar-refractivity contribution in [2.75, 3.05) is 0 Å². The highest BCUT2D eigenvalue weighted by molar-refractivity contribution is 6.04. The molecule has 0 aromatic heterocycles. The maximum Gasteiger partial charge on any atom is 0.178 e. The minimum absolute atomic E-state index is 0.0588. The number of hydrogen-bond acceptors (Lipinski definition) is 2. The summed E-state index contributed by atoms with van der Waals surface area (Å²) in [6.07, 6.45) is 14.9. The number of unbranched alkanes of at least 4 members (excludes halogenated alkanes) is 2. The molecule has 0 N–H and O–H groups in total. The lowest BCUT2D eigenvalue weighted by Crippen LogP contribution is -2.37. The van der Waals surface area contributed by atoms with Crippen molar-refractivity contribution >= 4 is 11.6 Å². The minimum atomic E-state index is -0.225. The maximum absolute atomic E-state index is 12.4. The van der Waals surface area contributed by atoms with Crippen LogP contribution >= 0.6 is 0 Å². The van der Waals surface area contributed by atoms with Crippen LogP contribution in [0.3, 0.4) is 0 Å². The van der Waals surface area contributed by atoms with Gasteiger partial charge in [0.15, 0.2) is 11.6 Å². The fourth-order valence-electron chi connectivity index (χ4n) is 4.14. The molecule has 106 valence electrons. The quantitative estimate of drug-likeness (QED) is 0.725. The van der Waals surface area contributed by atoms with Crippen molar-refractivity contribution in [3.63, 3.8) is 0 Å². The van der Waals surface area contributed by atoms with Crippen molar-refractivity contribution in [3.8, 4) is 0 Å². The van der Waals surface area contributed by atoms with Crippen LogP contribution in [0.15, 0.2) is 35.5 Å². The highest BCUT2D eigenvalue weighted by Crippen LogP contribution is 2.57. The average Bonchev–Trinajstić information content (AvgIpc) is 2.72. The molecule has 20 heavy (non-hydrogen) atoms. The number of allylic oxidation sites excluding steroid dienone is 6. The first-order chi connectivity index (χ1) is 9.68. The summed E-state index contributed by atoms with van der Waals surface area (Å²) in [6, 6.07) is 0. The van der Waals surface area contributed by atoms with Crippen molar-refractivity contribution < 1.29 is 9.59 Å². The molecule has 2 heteroatoms. The Morgan fingerprint density at radius 1 is 1.25 bits per heavy atom. The van der Waals surface area contributed by atoms with Gasteiger partial charge < -0.3 is 0 Å². The SMILES string of the molecule is CCCCCC1=CC(=O)[C@H]2CCCC3=CC(=O)C=C[C@@]132. The summed E-state index contributed by atoms with van der Waals surface area (Å²) in [7, 11) is 0. The molecule has 0 radical (unpaired) electrons. The number of rotatable bonds is 4. The Labute approximate surface area is 120 Å². The Balaban J connectivity index is 1.96. The molecule has 3 aliphatic carbocycles. The fourth-order valence-corrected chi connectivity index (χ4v) is 4.14. The number of ketones is 2. The summed E-state index contributed by atoms with van der Waals surface area (Å²) in [6.45, 7) is 2.19. The highest BCUT2D eigenvalue weighted by atomic mass is 16.1. The van der Waals surface area contributed by atoms with E-state index in [-0.39, 0.29) is 22.9 Å². The van der Waals surface area contributed by atoms with E-state index < -0.39 is 0 Å². The van der Waals surface area contributed by atoms with Gasteiger partial charge in [0.25, 0.3) is 0 Å². The van der Waals surface area contributed by atoms with Gasteiger partial charge in [0.1, 0.15) is 0 Å². The van der Waals surface area contributed by atoms with E-state index in [9.17, 15) is 9.59 Å². The van der Waals surface area contributed by atoms with Crippen LogP contribution in [0.5, 0.6) is 0 Å². The van der Waals surface area contributed by atoms with Crippen molar-refractivity contribution in [1.29, 1.82) is 0 Å². The Hall–Kier alpha value is -1.44. The van der Waals surface area contributed by atoms with Crippen molar-refractivity contribution in [3.05, 3.63) is 35.5 Å². The normalized spacial score (nSPS) is 31.8. The molecule has 0 aliphatic heterocycles. The zero-order chi connectivity index (χ0) is 14.2. The summed E-state index contributed by atoms with van der Waals surface area (Å²) in [5.74, 6) is 0.420. The van der Waals surface area contributed by atoms with Crippen LogP contribution in [0.2, 0.25) is 0 Å². The van der Waals surface area contributed by atoms with E-state index in [2.05, 4.69) is 6.92 Å². The van der Waals surface area contributed by atoms with Gasteiger partial charge in [-0.1, -0.05) is 37.0 Å². The van der Waals surface area contributed by atoms with Crippen LogP contribution in [-0.4, -0.2) is 11.6 Å². The average molecular weight is 270 g/mol. The van der Waals surface area contributed by atoms with Crippen molar-refractivity contribution in [2.45, 2.75) is 51.9 Å². The van der Waals surface area contributed by atoms with Gasteiger partial charge in [-0.3, -0.25) is 9.59 Å². The molecule has 2 nitrogen and oxygen atoms in total. The molecule has 1 saturated carbocycles. The molecule has 0 aromatic rings. The molecule has 1 fully saturated rings. The predicted molar refractivity (Wildman–Crippen MR) is 79.2 cm³/mol. The standard InChI is InChI=1S/C18H22O2/c1-2-3-4-6-14-12-17(20)16-8-5-7-13-11-15(19)9-10-18(13,14)16/h9-12,16H,2-8H2,1H3/t16-,18+/m1/s1. The van der Waals surface area contributed by atoms with E-state index >= 15 is 0 Å². The van der Waals surface area contributed by atoms with Gasteiger partial charge in [0.05, 0.1) is 0 Å². The van der Waals surface area contributed by atoms with Gasteiger partial charge in [0, 0.05) is 11.3 Å². The molecule has 2 atom stereocenters. The van der Waals surface area contributed by atoms with Gasteiger partial charge in [-0.2, -0.15) is 0 Å². The third kappa shape index (κ3) is 1.93. The third-order valence-electron chi connectivity index (χ3n) is 5.09. The van der Waals surface area contributed by atoms with Gasteiger partial charge in [-0.25, -0.2) is 0 Å². The summed E-state index contributed by atoms with van der Waals surface area (Å²) in [5.41, 5.74) is 2.22. The Bertz CT molecular complexity index is 536. The van der Waals surface area contributed by atoms with E-state index in [1.54, 1.807) is 12.2 Å². The van der Waals surface area contributed by atoms with Crippen molar-refractivity contribution in [1.82, 2.24) is 0 Å². The largest absolute Gasteiger partial charge is 0.294 e. The molecule has 0 bridgehead atoms. The van der Waals surface area contributed by atoms with Gasteiger partial charge in [-0.15, -0.1) is 0 Å². The second-order valence-corrected chi connectivity index (χ2v) is 6.25. The molecular weight excluding hydrogens is 248 g/mol. The predicted octanol–water partition coefficient (Wildman–Crippen LogP) is 3.93. The zero-order valence-electron chi connectivity index (χ0n) is 12.2. The summed E-state index contributed by atoms with van der Waals surface area (Å²) >= 11 is 0. The van der Waals surface area contributed by atoms with Crippen molar-refractivity contribution in [2.24, 2.45) is 11.3 Å². The number of carbonyl (C=O) groups is 2. The highest BCUT2D eigenvalue weighted by Gasteiger charge is 2.52. The lowest BCUT2D eigenvalue weighted by molar-refractivity contribution is -0.119. The number of carbonyl (C=O) groups excluding carboxylic acids is 2. The second kappa shape index (κ2) is 5.16. The topological polar surface area (TPSA) is 34.1 Å².